The SMILES string of the molecule is CN(C)S(=O)(=O)N1CCC[C@@H]1c1ccnc(Nc2cnccn2)n1. The highest BCUT2D eigenvalue weighted by molar-refractivity contribution is 7.86. The maximum absolute atomic E-state index is 12.5. The zero-order chi connectivity index (χ0) is 17.2. The van der Waals surface area contributed by atoms with Crippen molar-refractivity contribution in [3.8, 4) is 0 Å². The van der Waals surface area contributed by atoms with E-state index in [1.54, 1.807) is 30.9 Å². The Morgan fingerprint density at radius 2 is 2.08 bits per heavy atom. The zero-order valence-electron chi connectivity index (χ0n) is 13.5. The molecule has 3 heterocycles. The molecule has 1 saturated heterocycles. The summed E-state index contributed by atoms with van der Waals surface area (Å²) in [5.74, 6) is 0.890. The van der Waals surface area contributed by atoms with E-state index in [0.717, 1.165) is 12.8 Å². The third kappa shape index (κ3) is 3.35. The van der Waals surface area contributed by atoms with Gasteiger partial charge in [-0.25, -0.2) is 15.0 Å². The fourth-order valence-corrected chi connectivity index (χ4v) is 3.93. The van der Waals surface area contributed by atoms with Gasteiger partial charge in [-0.05, 0) is 18.9 Å². The summed E-state index contributed by atoms with van der Waals surface area (Å²) in [5.41, 5.74) is 0.666. The van der Waals surface area contributed by atoms with Gasteiger partial charge >= 0.3 is 0 Å². The quantitative estimate of drug-likeness (QED) is 0.857. The van der Waals surface area contributed by atoms with Gasteiger partial charge in [-0.1, -0.05) is 0 Å². The fourth-order valence-electron chi connectivity index (χ4n) is 2.62. The number of hydrogen-bond donors (Lipinski definition) is 1. The van der Waals surface area contributed by atoms with Crippen LogP contribution >= 0.6 is 0 Å². The molecule has 1 aliphatic heterocycles. The molecule has 0 spiro atoms. The van der Waals surface area contributed by atoms with Gasteiger partial charge in [-0.2, -0.15) is 17.0 Å². The first-order valence-corrected chi connectivity index (χ1v) is 8.93. The van der Waals surface area contributed by atoms with Crippen LogP contribution in [-0.2, 0) is 10.2 Å². The van der Waals surface area contributed by atoms with Gasteiger partial charge < -0.3 is 5.32 Å². The number of hydrogen-bond acceptors (Lipinski definition) is 7. The van der Waals surface area contributed by atoms with Crippen molar-refractivity contribution in [2.45, 2.75) is 18.9 Å². The van der Waals surface area contributed by atoms with E-state index >= 15 is 0 Å². The highest BCUT2D eigenvalue weighted by Gasteiger charge is 2.37. The lowest BCUT2D eigenvalue weighted by atomic mass is 10.1. The summed E-state index contributed by atoms with van der Waals surface area (Å²) < 4.78 is 27.6. The Morgan fingerprint density at radius 1 is 1.25 bits per heavy atom. The molecule has 1 N–H and O–H groups in total. The van der Waals surface area contributed by atoms with Crippen LogP contribution in [0.5, 0.6) is 0 Å². The molecule has 1 fully saturated rings. The molecule has 0 radical (unpaired) electrons. The van der Waals surface area contributed by atoms with Crippen molar-refractivity contribution in [2.24, 2.45) is 0 Å². The molecule has 1 atom stereocenters. The van der Waals surface area contributed by atoms with Gasteiger partial charge in [-0.3, -0.25) is 4.98 Å². The van der Waals surface area contributed by atoms with E-state index in [2.05, 4.69) is 25.3 Å². The molecule has 9 nitrogen and oxygen atoms in total. The molecule has 0 bridgehead atoms. The summed E-state index contributed by atoms with van der Waals surface area (Å²) in [4.78, 5) is 16.7. The molecule has 0 amide bonds. The van der Waals surface area contributed by atoms with Gasteiger partial charge in [0.25, 0.3) is 10.2 Å². The lowest BCUT2D eigenvalue weighted by molar-refractivity contribution is 0.358. The summed E-state index contributed by atoms with van der Waals surface area (Å²) in [5, 5.41) is 2.97. The average Bonchev–Trinajstić information content (AvgIpc) is 3.06. The monoisotopic (exact) mass is 349 g/mol. The predicted octanol–water partition coefficient (Wildman–Crippen LogP) is 0.953. The first-order valence-electron chi connectivity index (χ1n) is 7.54. The first kappa shape index (κ1) is 16.7. The van der Waals surface area contributed by atoms with Crippen LogP contribution < -0.4 is 5.32 Å². The molecule has 1 aliphatic rings. The number of anilines is 2. The highest BCUT2D eigenvalue weighted by atomic mass is 32.2. The van der Waals surface area contributed by atoms with Crippen molar-refractivity contribution in [1.82, 2.24) is 28.5 Å². The Kier molecular flexibility index (Phi) is 4.69. The van der Waals surface area contributed by atoms with Crippen molar-refractivity contribution in [3.05, 3.63) is 36.5 Å². The Bertz CT molecular complexity index is 798. The standard InChI is InChI=1S/C14H19N7O2S/c1-20(2)24(22,23)21-9-3-4-12(21)11-5-6-17-14(18-11)19-13-10-15-7-8-16-13/h5-8,10,12H,3-4,9H2,1-2H3,(H,16,17,18,19)/t12-/m1/s1. The Hall–Kier alpha value is -2.17. The lowest BCUT2D eigenvalue weighted by Crippen LogP contribution is -2.39. The summed E-state index contributed by atoms with van der Waals surface area (Å²) in [6.07, 6.45) is 7.84. The summed E-state index contributed by atoms with van der Waals surface area (Å²) >= 11 is 0. The Labute approximate surface area is 141 Å². The van der Waals surface area contributed by atoms with E-state index < -0.39 is 10.2 Å². The van der Waals surface area contributed by atoms with E-state index in [0.29, 0.717) is 24.0 Å². The van der Waals surface area contributed by atoms with Crippen LogP contribution in [0.25, 0.3) is 0 Å². The second-order valence-electron chi connectivity index (χ2n) is 5.58. The van der Waals surface area contributed by atoms with Crippen LogP contribution in [0.3, 0.4) is 0 Å². The number of nitrogens with one attached hydrogen (secondary N) is 1. The fraction of sp³-hybridized carbons (Fsp3) is 0.429. The lowest BCUT2D eigenvalue weighted by Gasteiger charge is -2.26. The van der Waals surface area contributed by atoms with Crippen molar-refractivity contribution < 1.29 is 8.42 Å². The van der Waals surface area contributed by atoms with Gasteiger partial charge in [0.05, 0.1) is 17.9 Å². The van der Waals surface area contributed by atoms with E-state index in [4.69, 9.17) is 0 Å². The predicted molar refractivity (Wildman–Crippen MR) is 88.6 cm³/mol. The molecule has 0 unspecified atom stereocenters. The normalized spacial score (nSPS) is 18.9. The first-order chi connectivity index (χ1) is 11.5. The molecule has 0 aliphatic carbocycles. The van der Waals surface area contributed by atoms with Crippen LogP contribution in [-0.4, -0.2) is 57.6 Å². The van der Waals surface area contributed by atoms with Crippen LogP contribution in [0.4, 0.5) is 11.8 Å². The second-order valence-corrected chi connectivity index (χ2v) is 7.67. The Balaban J connectivity index is 1.85. The van der Waals surface area contributed by atoms with Gasteiger partial charge in [0, 0.05) is 39.2 Å². The second kappa shape index (κ2) is 6.75. The van der Waals surface area contributed by atoms with Crippen molar-refractivity contribution in [3.63, 3.8) is 0 Å². The van der Waals surface area contributed by atoms with Crippen LogP contribution in [0.2, 0.25) is 0 Å². The number of aromatic nitrogens is 4. The molecule has 0 saturated carbocycles. The highest BCUT2D eigenvalue weighted by Crippen LogP contribution is 2.34. The largest absolute Gasteiger partial charge is 0.307 e. The van der Waals surface area contributed by atoms with Crippen LogP contribution in [0.1, 0.15) is 24.6 Å². The maximum Gasteiger partial charge on any atom is 0.282 e. The Morgan fingerprint density at radius 3 is 2.79 bits per heavy atom. The van der Waals surface area contributed by atoms with Gasteiger partial charge in [0.2, 0.25) is 5.95 Å². The molecular formula is C14H19N7O2S. The molecule has 0 aromatic carbocycles. The minimum absolute atomic E-state index is 0.289. The molecule has 2 aromatic rings. The van der Waals surface area contributed by atoms with E-state index in [1.807, 2.05) is 0 Å². The van der Waals surface area contributed by atoms with E-state index in [-0.39, 0.29) is 6.04 Å². The maximum atomic E-state index is 12.5. The summed E-state index contributed by atoms with van der Waals surface area (Å²) in [6.45, 7) is 0.488. The topological polar surface area (TPSA) is 104 Å². The molecule has 2 aromatic heterocycles. The van der Waals surface area contributed by atoms with Gasteiger partial charge in [0.15, 0.2) is 5.82 Å². The minimum Gasteiger partial charge on any atom is -0.307 e. The van der Waals surface area contributed by atoms with Crippen LogP contribution in [0, 0.1) is 0 Å². The molecule has 10 heteroatoms. The number of rotatable bonds is 5. The molecule has 3 rings (SSSR count). The minimum atomic E-state index is -3.48. The van der Waals surface area contributed by atoms with E-state index in [9.17, 15) is 8.42 Å². The summed E-state index contributed by atoms with van der Waals surface area (Å²) in [7, 11) is -0.415. The zero-order valence-corrected chi connectivity index (χ0v) is 14.3. The van der Waals surface area contributed by atoms with Crippen molar-refractivity contribution in [1.29, 1.82) is 0 Å². The number of nitrogens with zero attached hydrogens (tertiary/aromatic N) is 6. The third-order valence-corrected chi connectivity index (χ3v) is 5.74. The summed E-state index contributed by atoms with van der Waals surface area (Å²) in [6, 6.07) is 1.46. The molecule has 24 heavy (non-hydrogen) atoms. The van der Waals surface area contributed by atoms with Gasteiger partial charge in [0.1, 0.15) is 0 Å². The van der Waals surface area contributed by atoms with E-state index in [1.165, 1.54) is 22.7 Å². The van der Waals surface area contributed by atoms with Crippen molar-refractivity contribution >= 4 is 22.0 Å². The van der Waals surface area contributed by atoms with Gasteiger partial charge in [-0.15, -0.1) is 0 Å². The molecular weight excluding hydrogens is 330 g/mol. The smallest absolute Gasteiger partial charge is 0.282 e. The van der Waals surface area contributed by atoms with Crippen molar-refractivity contribution in [2.75, 3.05) is 26.0 Å². The molecule has 128 valence electrons. The third-order valence-electron chi connectivity index (χ3n) is 3.78. The van der Waals surface area contributed by atoms with Crippen LogP contribution in [0.15, 0.2) is 30.9 Å². The average molecular weight is 349 g/mol.